The summed E-state index contributed by atoms with van der Waals surface area (Å²) in [5.74, 6) is 0.523. The largest absolute Gasteiger partial charge is 0.298 e. The van der Waals surface area contributed by atoms with Crippen LogP contribution in [0.1, 0.15) is 46.8 Å². The molecule has 3 aromatic rings. The topological polar surface area (TPSA) is 29.0 Å². The van der Waals surface area contributed by atoms with E-state index >= 15 is 0 Å². The van der Waals surface area contributed by atoms with E-state index in [1.165, 1.54) is 41.8 Å². The fraction of sp³-hybridized carbons (Fsp3) is 0.333. The lowest BCUT2D eigenvalue weighted by Crippen LogP contribution is -2.34. The van der Waals surface area contributed by atoms with E-state index in [1.807, 2.05) is 12.4 Å². The Bertz CT molecular complexity index is 861. The fourth-order valence-electron chi connectivity index (χ4n) is 4.10. The van der Waals surface area contributed by atoms with Crippen molar-refractivity contribution in [2.45, 2.75) is 38.6 Å². The van der Waals surface area contributed by atoms with Crippen LogP contribution in [0.5, 0.6) is 0 Å². The predicted molar refractivity (Wildman–Crippen MR) is 110 cm³/mol. The average molecular weight is 358 g/mol. The molecule has 4 rings (SSSR count). The molecule has 1 aromatic carbocycles. The number of pyridine rings is 2. The van der Waals surface area contributed by atoms with E-state index in [2.05, 4.69) is 71.4 Å². The minimum Gasteiger partial charge on any atom is -0.298 e. The van der Waals surface area contributed by atoms with Crippen molar-refractivity contribution in [1.29, 1.82) is 0 Å². The molecule has 1 saturated heterocycles. The lowest BCUT2D eigenvalue weighted by Gasteiger charge is -2.32. The van der Waals surface area contributed by atoms with E-state index in [4.69, 9.17) is 4.98 Å². The smallest absolute Gasteiger partial charge is 0.0453 e. The van der Waals surface area contributed by atoms with Gasteiger partial charge in [-0.15, -0.1) is 0 Å². The van der Waals surface area contributed by atoms with Crippen molar-refractivity contribution >= 4 is 0 Å². The van der Waals surface area contributed by atoms with E-state index in [9.17, 15) is 0 Å². The zero-order valence-corrected chi connectivity index (χ0v) is 16.0. The summed E-state index contributed by atoms with van der Waals surface area (Å²) >= 11 is 0. The summed E-state index contributed by atoms with van der Waals surface area (Å²) in [6.07, 6.45) is 7.21. The SMILES string of the molecule is Cc1cc(Cc2ccccc2)cc([C@H]2CCCN(Cc3ccncc3)C2)n1. The average Bonchev–Trinajstić information content (AvgIpc) is 2.69. The first kappa shape index (κ1) is 17.9. The van der Waals surface area contributed by atoms with Crippen LogP contribution in [0.2, 0.25) is 0 Å². The highest BCUT2D eigenvalue weighted by atomic mass is 15.1. The van der Waals surface area contributed by atoms with Gasteiger partial charge in [-0.1, -0.05) is 30.3 Å². The predicted octanol–water partition coefficient (Wildman–Crippen LogP) is 4.76. The first-order valence-corrected chi connectivity index (χ1v) is 9.89. The second-order valence-electron chi connectivity index (χ2n) is 7.63. The Hall–Kier alpha value is -2.52. The highest BCUT2D eigenvalue weighted by molar-refractivity contribution is 5.30. The fourth-order valence-corrected chi connectivity index (χ4v) is 4.10. The molecule has 138 valence electrons. The minimum atomic E-state index is 0.523. The minimum absolute atomic E-state index is 0.523. The summed E-state index contributed by atoms with van der Waals surface area (Å²) < 4.78 is 0. The highest BCUT2D eigenvalue weighted by Gasteiger charge is 2.23. The van der Waals surface area contributed by atoms with Gasteiger partial charge in [0.25, 0.3) is 0 Å². The van der Waals surface area contributed by atoms with E-state index in [0.717, 1.165) is 25.2 Å². The van der Waals surface area contributed by atoms with Gasteiger partial charge in [0.05, 0.1) is 0 Å². The van der Waals surface area contributed by atoms with Gasteiger partial charge in [-0.2, -0.15) is 0 Å². The van der Waals surface area contributed by atoms with E-state index in [-0.39, 0.29) is 0 Å². The van der Waals surface area contributed by atoms with Gasteiger partial charge in [-0.25, -0.2) is 0 Å². The number of likely N-dealkylation sites (tertiary alicyclic amines) is 1. The molecule has 1 aliphatic heterocycles. The van der Waals surface area contributed by atoms with Crippen LogP contribution in [-0.2, 0) is 13.0 Å². The van der Waals surface area contributed by atoms with Crippen LogP contribution in [0.4, 0.5) is 0 Å². The maximum atomic E-state index is 4.90. The van der Waals surface area contributed by atoms with Gasteiger partial charge in [0.2, 0.25) is 0 Å². The summed E-state index contributed by atoms with van der Waals surface area (Å²) in [5.41, 5.74) is 6.46. The second kappa shape index (κ2) is 8.45. The molecular weight excluding hydrogens is 330 g/mol. The molecule has 0 N–H and O–H groups in total. The molecule has 1 fully saturated rings. The van der Waals surface area contributed by atoms with Crippen LogP contribution >= 0.6 is 0 Å². The van der Waals surface area contributed by atoms with Crippen LogP contribution < -0.4 is 0 Å². The molecule has 3 heterocycles. The number of benzene rings is 1. The van der Waals surface area contributed by atoms with E-state index in [1.54, 1.807) is 0 Å². The number of piperidine rings is 1. The Kier molecular flexibility index (Phi) is 5.59. The summed E-state index contributed by atoms with van der Waals surface area (Å²) in [4.78, 5) is 11.6. The molecule has 27 heavy (non-hydrogen) atoms. The Labute approximate surface area is 162 Å². The maximum absolute atomic E-state index is 4.90. The molecule has 3 heteroatoms. The Morgan fingerprint density at radius 3 is 2.59 bits per heavy atom. The molecule has 1 atom stereocenters. The summed E-state index contributed by atoms with van der Waals surface area (Å²) in [7, 11) is 0. The molecule has 3 nitrogen and oxygen atoms in total. The van der Waals surface area contributed by atoms with Crippen molar-refractivity contribution in [3.05, 3.63) is 95.1 Å². The number of rotatable bonds is 5. The molecule has 1 aliphatic rings. The Morgan fingerprint density at radius 1 is 0.963 bits per heavy atom. The van der Waals surface area contributed by atoms with Gasteiger partial charge in [0.15, 0.2) is 0 Å². The number of nitrogens with zero attached hydrogens (tertiary/aromatic N) is 3. The zero-order valence-electron chi connectivity index (χ0n) is 16.0. The standard InChI is InChI=1S/C24H27N3/c1-19-14-22(15-20-6-3-2-4-7-20)16-24(26-19)23-8-5-13-27(18-23)17-21-9-11-25-12-10-21/h2-4,6-7,9-12,14,16,23H,5,8,13,15,17-18H2,1H3/t23-/m0/s1. The molecule has 0 spiro atoms. The lowest BCUT2D eigenvalue weighted by molar-refractivity contribution is 0.198. The first-order valence-electron chi connectivity index (χ1n) is 9.89. The van der Waals surface area contributed by atoms with Crippen molar-refractivity contribution in [2.75, 3.05) is 13.1 Å². The summed E-state index contributed by atoms with van der Waals surface area (Å²) in [6.45, 7) is 5.38. The monoisotopic (exact) mass is 357 g/mol. The van der Waals surface area contributed by atoms with Crippen molar-refractivity contribution in [3.8, 4) is 0 Å². The normalized spacial score (nSPS) is 17.7. The lowest BCUT2D eigenvalue weighted by atomic mass is 9.92. The van der Waals surface area contributed by atoms with Crippen molar-refractivity contribution < 1.29 is 0 Å². The van der Waals surface area contributed by atoms with Crippen LogP contribution in [0.15, 0.2) is 67.0 Å². The van der Waals surface area contributed by atoms with Gasteiger partial charge in [-0.3, -0.25) is 14.9 Å². The van der Waals surface area contributed by atoms with Gasteiger partial charge >= 0.3 is 0 Å². The highest BCUT2D eigenvalue weighted by Crippen LogP contribution is 2.28. The summed E-state index contributed by atoms with van der Waals surface area (Å²) in [5, 5.41) is 0. The third-order valence-electron chi connectivity index (χ3n) is 5.36. The first-order chi connectivity index (χ1) is 13.3. The van der Waals surface area contributed by atoms with Crippen LogP contribution in [0, 0.1) is 6.92 Å². The Morgan fingerprint density at radius 2 is 1.78 bits per heavy atom. The molecule has 0 unspecified atom stereocenters. The quantitative estimate of drug-likeness (QED) is 0.659. The van der Waals surface area contributed by atoms with Gasteiger partial charge in [-0.05, 0) is 73.7 Å². The number of aryl methyl sites for hydroxylation is 1. The van der Waals surface area contributed by atoms with Gasteiger partial charge in [0.1, 0.15) is 0 Å². The molecule has 0 bridgehead atoms. The molecule has 0 amide bonds. The van der Waals surface area contributed by atoms with Crippen molar-refractivity contribution in [2.24, 2.45) is 0 Å². The molecule has 0 saturated carbocycles. The summed E-state index contributed by atoms with van der Waals surface area (Å²) in [6, 6.07) is 19.5. The number of hydrogen-bond donors (Lipinski definition) is 0. The molecule has 0 radical (unpaired) electrons. The number of hydrogen-bond acceptors (Lipinski definition) is 3. The Balaban J connectivity index is 1.48. The second-order valence-corrected chi connectivity index (χ2v) is 7.63. The van der Waals surface area contributed by atoms with Crippen molar-refractivity contribution in [3.63, 3.8) is 0 Å². The van der Waals surface area contributed by atoms with Crippen LogP contribution in [-0.4, -0.2) is 28.0 Å². The van der Waals surface area contributed by atoms with Crippen LogP contribution in [0.3, 0.4) is 0 Å². The molecule has 0 aliphatic carbocycles. The van der Waals surface area contributed by atoms with Gasteiger partial charge in [0, 0.05) is 42.8 Å². The maximum Gasteiger partial charge on any atom is 0.0453 e. The zero-order chi connectivity index (χ0) is 18.5. The molecular formula is C24H27N3. The third-order valence-corrected chi connectivity index (χ3v) is 5.36. The van der Waals surface area contributed by atoms with E-state index < -0.39 is 0 Å². The van der Waals surface area contributed by atoms with Crippen LogP contribution in [0.25, 0.3) is 0 Å². The third kappa shape index (κ3) is 4.81. The van der Waals surface area contributed by atoms with E-state index in [0.29, 0.717) is 5.92 Å². The van der Waals surface area contributed by atoms with Gasteiger partial charge < -0.3 is 0 Å². The number of aromatic nitrogens is 2. The molecule has 2 aromatic heterocycles. The van der Waals surface area contributed by atoms with Crippen molar-refractivity contribution in [1.82, 2.24) is 14.9 Å².